The summed E-state index contributed by atoms with van der Waals surface area (Å²) in [5.41, 5.74) is 0. The van der Waals surface area contributed by atoms with Crippen LogP contribution in [0.5, 0.6) is 0 Å². The van der Waals surface area contributed by atoms with E-state index in [1.165, 1.54) is 22.6 Å². The second kappa shape index (κ2) is 8.26. The molecule has 2 N–H and O–H groups in total. The Labute approximate surface area is 164 Å². The Hall–Kier alpha value is -1.49. The van der Waals surface area contributed by atoms with Crippen LogP contribution in [0.3, 0.4) is 0 Å². The molecule has 0 radical (unpaired) electrons. The first-order valence-electron chi connectivity index (χ1n) is 9.15. The van der Waals surface area contributed by atoms with Gasteiger partial charge in [-0.1, -0.05) is 0 Å². The van der Waals surface area contributed by atoms with E-state index >= 15 is 0 Å². The third kappa shape index (κ3) is 5.07. The van der Waals surface area contributed by atoms with Crippen LogP contribution in [0.4, 0.5) is 0 Å². The van der Waals surface area contributed by atoms with Gasteiger partial charge in [0.05, 0.1) is 12.6 Å². The van der Waals surface area contributed by atoms with Crippen molar-refractivity contribution in [3.63, 3.8) is 0 Å². The van der Waals surface area contributed by atoms with Crippen molar-refractivity contribution >= 4 is 33.2 Å². The van der Waals surface area contributed by atoms with Crippen molar-refractivity contribution in [2.75, 3.05) is 26.2 Å². The van der Waals surface area contributed by atoms with Gasteiger partial charge in [0, 0.05) is 44.0 Å². The summed E-state index contributed by atoms with van der Waals surface area (Å²) in [6.07, 6.45) is 2.10. The lowest BCUT2D eigenvalue weighted by Gasteiger charge is -2.36. The second-order valence-corrected chi connectivity index (χ2v) is 10.4. The standard InChI is InChI=1S/C17H26N4O4S2/c1-12(17(23)19-14-3-4-14)20-7-9-21(10-8-20)27(24,25)16-6-5-15(26-16)11-18-13(2)22/h5-6,12,14H,3-4,7-11H2,1-2H3,(H,18,22)(H,19,23). The first-order chi connectivity index (χ1) is 12.8. The molecule has 3 rings (SSSR count). The van der Waals surface area contributed by atoms with Gasteiger partial charge in [-0.2, -0.15) is 4.31 Å². The van der Waals surface area contributed by atoms with Crippen molar-refractivity contribution in [2.24, 2.45) is 0 Å². The van der Waals surface area contributed by atoms with Crippen molar-refractivity contribution in [1.29, 1.82) is 0 Å². The maximum atomic E-state index is 12.9. The van der Waals surface area contributed by atoms with E-state index in [1.807, 2.05) is 11.8 Å². The average Bonchev–Trinajstić information content (AvgIpc) is 3.31. The van der Waals surface area contributed by atoms with Gasteiger partial charge in [-0.15, -0.1) is 11.3 Å². The summed E-state index contributed by atoms with van der Waals surface area (Å²) >= 11 is 1.18. The van der Waals surface area contributed by atoms with E-state index in [9.17, 15) is 18.0 Å². The lowest BCUT2D eigenvalue weighted by Crippen LogP contribution is -2.55. The van der Waals surface area contributed by atoms with Crippen LogP contribution in [-0.4, -0.2) is 67.7 Å². The van der Waals surface area contributed by atoms with Crippen molar-refractivity contribution < 1.29 is 18.0 Å². The molecule has 1 aromatic heterocycles. The first kappa shape index (κ1) is 20.2. The van der Waals surface area contributed by atoms with Crippen LogP contribution in [0.2, 0.25) is 0 Å². The van der Waals surface area contributed by atoms with E-state index in [4.69, 9.17) is 0 Å². The highest BCUT2D eigenvalue weighted by Gasteiger charge is 2.34. The Kier molecular flexibility index (Phi) is 6.19. The first-order valence-corrected chi connectivity index (χ1v) is 11.4. The molecule has 2 heterocycles. The smallest absolute Gasteiger partial charge is 0.252 e. The highest BCUT2D eigenvalue weighted by Crippen LogP contribution is 2.26. The van der Waals surface area contributed by atoms with Gasteiger partial charge < -0.3 is 10.6 Å². The minimum Gasteiger partial charge on any atom is -0.352 e. The van der Waals surface area contributed by atoms with Crippen LogP contribution in [0.25, 0.3) is 0 Å². The minimum atomic E-state index is -3.55. The predicted octanol–water partition coefficient (Wildman–Crippen LogP) is 0.358. The van der Waals surface area contributed by atoms with Crippen LogP contribution in [0.15, 0.2) is 16.3 Å². The molecule has 1 unspecified atom stereocenters. The molecule has 2 amide bonds. The molecule has 1 saturated heterocycles. The molecule has 1 aliphatic heterocycles. The zero-order valence-corrected chi connectivity index (χ0v) is 17.2. The summed E-state index contributed by atoms with van der Waals surface area (Å²) in [4.78, 5) is 26.0. The fourth-order valence-corrected chi connectivity index (χ4v) is 5.85. The number of thiophene rings is 1. The number of sulfonamides is 1. The molecule has 0 spiro atoms. The fourth-order valence-electron chi connectivity index (χ4n) is 2.98. The molecule has 27 heavy (non-hydrogen) atoms. The van der Waals surface area contributed by atoms with Gasteiger partial charge in [0.25, 0.3) is 10.0 Å². The molecular weight excluding hydrogens is 388 g/mol. The number of amides is 2. The number of piperazine rings is 1. The van der Waals surface area contributed by atoms with Crippen LogP contribution in [0.1, 0.15) is 31.6 Å². The number of hydrogen-bond acceptors (Lipinski definition) is 6. The minimum absolute atomic E-state index is 0.0228. The summed E-state index contributed by atoms with van der Waals surface area (Å²) < 4.78 is 27.5. The molecule has 1 aromatic rings. The fraction of sp³-hybridized carbons (Fsp3) is 0.647. The number of rotatable bonds is 7. The molecule has 1 atom stereocenters. The molecule has 2 fully saturated rings. The molecule has 10 heteroatoms. The van der Waals surface area contributed by atoms with E-state index < -0.39 is 10.0 Å². The van der Waals surface area contributed by atoms with E-state index in [0.29, 0.717) is 38.8 Å². The van der Waals surface area contributed by atoms with Gasteiger partial charge in [0.1, 0.15) is 4.21 Å². The monoisotopic (exact) mass is 414 g/mol. The SMILES string of the molecule is CC(=O)NCc1ccc(S(=O)(=O)N2CCN(C(C)C(=O)NC3CC3)CC2)s1. The highest BCUT2D eigenvalue weighted by atomic mass is 32.2. The maximum absolute atomic E-state index is 12.9. The largest absolute Gasteiger partial charge is 0.352 e. The molecule has 0 aromatic carbocycles. The van der Waals surface area contributed by atoms with Crippen LogP contribution in [-0.2, 0) is 26.2 Å². The zero-order chi connectivity index (χ0) is 19.6. The Morgan fingerprint density at radius 1 is 1.22 bits per heavy atom. The molecule has 8 nitrogen and oxygen atoms in total. The Morgan fingerprint density at radius 3 is 2.48 bits per heavy atom. The summed E-state index contributed by atoms with van der Waals surface area (Å²) in [6.45, 7) is 5.42. The maximum Gasteiger partial charge on any atom is 0.252 e. The van der Waals surface area contributed by atoms with Gasteiger partial charge in [-0.05, 0) is 31.9 Å². The number of carbonyl (C=O) groups excluding carboxylic acids is 2. The third-order valence-electron chi connectivity index (χ3n) is 4.87. The van der Waals surface area contributed by atoms with Gasteiger partial charge in [-0.25, -0.2) is 8.42 Å². The Morgan fingerprint density at radius 2 is 1.89 bits per heavy atom. The van der Waals surface area contributed by atoms with Crippen molar-refractivity contribution in [3.8, 4) is 0 Å². The van der Waals surface area contributed by atoms with Gasteiger partial charge in [-0.3, -0.25) is 14.5 Å². The quantitative estimate of drug-likeness (QED) is 0.671. The lowest BCUT2D eigenvalue weighted by atomic mass is 10.2. The normalized spacial score (nSPS) is 20.2. The van der Waals surface area contributed by atoms with Gasteiger partial charge in [0.2, 0.25) is 11.8 Å². The molecule has 1 aliphatic carbocycles. The topological polar surface area (TPSA) is 98.8 Å². The summed E-state index contributed by atoms with van der Waals surface area (Å²) in [5.74, 6) is -0.126. The van der Waals surface area contributed by atoms with Crippen LogP contribution in [0, 0.1) is 0 Å². The van der Waals surface area contributed by atoms with Crippen LogP contribution < -0.4 is 10.6 Å². The van der Waals surface area contributed by atoms with Crippen LogP contribution >= 0.6 is 11.3 Å². The van der Waals surface area contributed by atoms with Crippen molar-refractivity contribution in [3.05, 3.63) is 17.0 Å². The average molecular weight is 415 g/mol. The predicted molar refractivity (Wildman–Crippen MR) is 103 cm³/mol. The highest BCUT2D eigenvalue weighted by molar-refractivity contribution is 7.91. The second-order valence-electron chi connectivity index (χ2n) is 7.03. The van der Waals surface area contributed by atoms with E-state index in [1.54, 1.807) is 12.1 Å². The summed E-state index contributed by atoms with van der Waals surface area (Å²) in [7, 11) is -3.55. The number of carbonyl (C=O) groups is 2. The van der Waals surface area contributed by atoms with E-state index in [0.717, 1.165) is 17.7 Å². The van der Waals surface area contributed by atoms with E-state index in [-0.39, 0.29) is 22.1 Å². The Bertz CT molecular complexity index is 796. The number of hydrogen-bond donors (Lipinski definition) is 2. The molecule has 1 saturated carbocycles. The molecule has 0 bridgehead atoms. The summed E-state index contributed by atoms with van der Waals surface area (Å²) in [5, 5.41) is 5.67. The number of nitrogens with one attached hydrogen (secondary N) is 2. The molecule has 2 aliphatic rings. The van der Waals surface area contributed by atoms with E-state index in [2.05, 4.69) is 10.6 Å². The zero-order valence-electron chi connectivity index (χ0n) is 15.6. The number of nitrogens with zero attached hydrogens (tertiary/aromatic N) is 2. The molecular formula is C17H26N4O4S2. The van der Waals surface area contributed by atoms with Gasteiger partial charge in [0.15, 0.2) is 0 Å². The third-order valence-corrected chi connectivity index (χ3v) is 8.32. The Balaban J connectivity index is 1.56. The molecule has 150 valence electrons. The summed E-state index contributed by atoms with van der Waals surface area (Å²) in [6, 6.07) is 3.40. The van der Waals surface area contributed by atoms with Crippen molar-refractivity contribution in [2.45, 2.75) is 49.5 Å². The lowest BCUT2D eigenvalue weighted by molar-refractivity contribution is -0.126. The van der Waals surface area contributed by atoms with Crippen molar-refractivity contribution in [1.82, 2.24) is 19.8 Å². The van der Waals surface area contributed by atoms with Gasteiger partial charge >= 0.3 is 0 Å².